The van der Waals surface area contributed by atoms with Crippen LogP contribution in [0, 0.1) is 15.0 Å². The lowest BCUT2D eigenvalue weighted by atomic mass is 10.2. The van der Waals surface area contributed by atoms with Crippen LogP contribution in [0.5, 0.6) is 11.5 Å². The molecule has 0 saturated carbocycles. The molecule has 1 aromatic heterocycles. The van der Waals surface area contributed by atoms with Crippen LogP contribution in [0.2, 0.25) is 0 Å². The smallest absolute Gasteiger partial charge is 0.492 e. The fourth-order valence-corrected chi connectivity index (χ4v) is 1.62. The number of pyridine rings is 1. The highest BCUT2D eigenvalue weighted by atomic mass is 127. The zero-order valence-electron chi connectivity index (χ0n) is 8.51. The SMILES string of the molecule is COc1c(CC#N)cnc(I)c1OC(F)(F)F. The zero-order chi connectivity index (χ0) is 13.1. The molecular weight excluding hydrogens is 352 g/mol. The van der Waals surface area contributed by atoms with Gasteiger partial charge in [0.25, 0.3) is 0 Å². The second kappa shape index (κ2) is 5.39. The van der Waals surface area contributed by atoms with E-state index in [0.29, 0.717) is 0 Å². The molecule has 4 nitrogen and oxygen atoms in total. The number of alkyl halides is 3. The van der Waals surface area contributed by atoms with Crippen LogP contribution in [0.15, 0.2) is 6.20 Å². The van der Waals surface area contributed by atoms with Crippen LogP contribution >= 0.6 is 22.6 Å². The summed E-state index contributed by atoms with van der Waals surface area (Å²) in [7, 11) is 1.20. The standard InChI is InChI=1S/C9H6F3IN2O2/c1-16-6-5(2-3-14)4-15-8(13)7(6)17-9(10,11)12/h4H,2H2,1H3. The molecule has 0 amide bonds. The quantitative estimate of drug-likeness (QED) is 0.616. The molecule has 0 spiro atoms. The largest absolute Gasteiger partial charge is 0.573 e. The molecule has 0 fully saturated rings. The third kappa shape index (κ3) is 3.62. The van der Waals surface area contributed by atoms with Gasteiger partial charge in [-0.25, -0.2) is 4.98 Å². The van der Waals surface area contributed by atoms with E-state index in [4.69, 9.17) is 10.00 Å². The number of aromatic nitrogens is 1. The molecule has 1 rings (SSSR count). The number of nitrogens with zero attached hydrogens (tertiary/aromatic N) is 2. The van der Waals surface area contributed by atoms with Crippen LogP contribution in [0.1, 0.15) is 5.56 Å². The Kier molecular flexibility index (Phi) is 4.39. The lowest BCUT2D eigenvalue weighted by Gasteiger charge is -2.15. The Bertz CT molecular complexity index is 457. The Labute approximate surface area is 108 Å². The average molecular weight is 358 g/mol. The van der Waals surface area contributed by atoms with E-state index in [1.165, 1.54) is 13.3 Å². The maximum atomic E-state index is 12.2. The number of nitriles is 1. The number of methoxy groups -OCH3 is 1. The van der Waals surface area contributed by atoms with Crippen molar-refractivity contribution in [1.82, 2.24) is 4.98 Å². The topological polar surface area (TPSA) is 55.1 Å². The molecule has 0 N–H and O–H groups in total. The normalized spacial score (nSPS) is 10.8. The first-order chi connectivity index (χ1) is 7.89. The van der Waals surface area contributed by atoms with Gasteiger partial charge in [0, 0.05) is 11.8 Å². The van der Waals surface area contributed by atoms with Crippen molar-refractivity contribution >= 4 is 22.6 Å². The maximum Gasteiger partial charge on any atom is 0.573 e. The van der Waals surface area contributed by atoms with Crippen molar-refractivity contribution in [2.24, 2.45) is 0 Å². The number of hydrogen-bond acceptors (Lipinski definition) is 4. The van der Waals surface area contributed by atoms with Gasteiger partial charge in [0.1, 0.15) is 3.70 Å². The minimum absolute atomic E-state index is 0.0125. The van der Waals surface area contributed by atoms with Crippen molar-refractivity contribution in [2.45, 2.75) is 12.8 Å². The Morgan fingerprint density at radius 1 is 1.47 bits per heavy atom. The van der Waals surface area contributed by atoms with Crippen LogP contribution in [0.25, 0.3) is 0 Å². The summed E-state index contributed by atoms with van der Waals surface area (Å²) in [6, 6.07) is 1.81. The van der Waals surface area contributed by atoms with Crippen molar-refractivity contribution in [3.63, 3.8) is 0 Å². The minimum atomic E-state index is -4.83. The van der Waals surface area contributed by atoms with Crippen LogP contribution in [-0.2, 0) is 6.42 Å². The molecule has 92 valence electrons. The van der Waals surface area contributed by atoms with Gasteiger partial charge in [0.05, 0.1) is 19.6 Å². The molecule has 0 radical (unpaired) electrons. The van der Waals surface area contributed by atoms with Crippen molar-refractivity contribution in [2.75, 3.05) is 7.11 Å². The average Bonchev–Trinajstić information content (AvgIpc) is 2.22. The van der Waals surface area contributed by atoms with E-state index in [1.807, 2.05) is 6.07 Å². The fourth-order valence-electron chi connectivity index (χ4n) is 1.13. The molecule has 0 atom stereocenters. The molecular formula is C9H6F3IN2O2. The van der Waals surface area contributed by atoms with Gasteiger partial charge in [-0.1, -0.05) is 0 Å². The van der Waals surface area contributed by atoms with Gasteiger partial charge in [0.2, 0.25) is 5.75 Å². The predicted molar refractivity (Wildman–Crippen MR) is 59.5 cm³/mol. The Balaban J connectivity index is 3.26. The van der Waals surface area contributed by atoms with Crippen molar-refractivity contribution in [3.05, 3.63) is 15.5 Å². The summed E-state index contributed by atoms with van der Waals surface area (Å²) in [4.78, 5) is 3.72. The Morgan fingerprint density at radius 2 is 2.12 bits per heavy atom. The van der Waals surface area contributed by atoms with Crippen molar-refractivity contribution in [3.8, 4) is 17.6 Å². The van der Waals surface area contributed by atoms with E-state index in [-0.39, 0.29) is 21.4 Å². The van der Waals surface area contributed by atoms with Crippen LogP contribution in [0.4, 0.5) is 13.2 Å². The second-order valence-corrected chi connectivity index (χ2v) is 3.84. The van der Waals surface area contributed by atoms with Gasteiger partial charge in [-0.15, -0.1) is 13.2 Å². The van der Waals surface area contributed by atoms with Crippen LogP contribution in [-0.4, -0.2) is 18.5 Å². The van der Waals surface area contributed by atoms with Gasteiger partial charge in [-0.2, -0.15) is 5.26 Å². The molecule has 0 aliphatic carbocycles. The first kappa shape index (κ1) is 13.8. The van der Waals surface area contributed by atoms with E-state index in [0.717, 1.165) is 0 Å². The molecule has 0 aromatic carbocycles. The zero-order valence-corrected chi connectivity index (χ0v) is 10.7. The summed E-state index contributed by atoms with van der Waals surface area (Å²) in [6.07, 6.45) is -3.66. The molecule has 0 unspecified atom stereocenters. The molecule has 0 aliphatic heterocycles. The number of hydrogen-bond donors (Lipinski definition) is 0. The van der Waals surface area contributed by atoms with E-state index in [2.05, 4.69) is 9.72 Å². The first-order valence-electron chi connectivity index (χ1n) is 4.23. The van der Waals surface area contributed by atoms with Gasteiger partial charge in [-0.05, 0) is 22.6 Å². The van der Waals surface area contributed by atoms with Crippen molar-refractivity contribution < 1.29 is 22.6 Å². The summed E-state index contributed by atoms with van der Waals surface area (Å²) < 4.78 is 45.2. The van der Waals surface area contributed by atoms with Crippen molar-refractivity contribution in [1.29, 1.82) is 5.26 Å². The second-order valence-electron chi connectivity index (χ2n) is 2.82. The number of halogens is 4. The Hall–Kier alpha value is -1.24. The first-order valence-corrected chi connectivity index (χ1v) is 5.31. The third-order valence-corrected chi connectivity index (χ3v) is 2.48. The molecule has 8 heteroatoms. The van der Waals surface area contributed by atoms with E-state index in [9.17, 15) is 13.2 Å². The van der Waals surface area contributed by atoms with Crippen LogP contribution in [0.3, 0.4) is 0 Å². The van der Waals surface area contributed by atoms with Gasteiger partial charge in [0.15, 0.2) is 5.75 Å². The lowest BCUT2D eigenvalue weighted by Crippen LogP contribution is -2.19. The molecule has 0 saturated heterocycles. The lowest BCUT2D eigenvalue weighted by molar-refractivity contribution is -0.275. The van der Waals surface area contributed by atoms with Gasteiger partial charge < -0.3 is 9.47 Å². The molecule has 0 bridgehead atoms. The molecule has 1 aromatic rings. The van der Waals surface area contributed by atoms with E-state index >= 15 is 0 Å². The molecule has 1 heterocycles. The number of ether oxygens (including phenoxy) is 2. The predicted octanol–water partition coefficient (Wildman–Crippen LogP) is 2.66. The highest BCUT2D eigenvalue weighted by Crippen LogP contribution is 2.37. The summed E-state index contributed by atoms with van der Waals surface area (Å²) in [6.45, 7) is 0. The minimum Gasteiger partial charge on any atom is -0.492 e. The summed E-state index contributed by atoms with van der Waals surface area (Å²) >= 11 is 1.60. The third-order valence-electron chi connectivity index (χ3n) is 1.71. The highest BCUT2D eigenvalue weighted by molar-refractivity contribution is 14.1. The van der Waals surface area contributed by atoms with E-state index in [1.54, 1.807) is 22.6 Å². The summed E-state index contributed by atoms with van der Waals surface area (Å²) in [5.74, 6) is -0.642. The van der Waals surface area contributed by atoms with Crippen LogP contribution < -0.4 is 9.47 Å². The Morgan fingerprint density at radius 3 is 2.59 bits per heavy atom. The highest BCUT2D eigenvalue weighted by Gasteiger charge is 2.34. The van der Waals surface area contributed by atoms with Gasteiger partial charge in [-0.3, -0.25) is 0 Å². The number of rotatable bonds is 3. The molecule has 0 aliphatic rings. The van der Waals surface area contributed by atoms with Gasteiger partial charge >= 0.3 is 6.36 Å². The summed E-state index contributed by atoms with van der Waals surface area (Å²) in [5, 5.41) is 8.53. The monoisotopic (exact) mass is 358 g/mol. The summed E-state index contributed by atoms with van der Waals surface area (Å²) in [5.41, 5.74) is 0.245. The van der Waals surface area contributed by atoms with E-state index < -0.39 is 12.1 Å². The fraction of sp³-hybridized carbons (Fsp3) is 0.333. The molecule has 17 heavy (non-hydrogen) atoms. The maximum absolute atomic E-state index is 12.2.